The van der Waals surface area contributed by atoms with Gasteiger partial charge in [-0.15, -0.1) is 12.4 Å². The van der Waals surface area contributed by atoms with E-state index in [1.165, 1.54) is 5.56 Å². The van der Waals surface area contributed by atoms with E-state index < -0.39 is 0 Å². The van der Waals surface area contributed by atoms with Gasteiger partial charge in [-0.1, -0.05) is 60.1 Å². The van der Waals surface area contributed by atoms with Gasteiger partial charge in [0.1, 0.15) is 6.61 Å². The Bertz CT molecular complexity index is 856. The first-order chi connectivity index (χ1) is 13.2. The van der Waals surface area contributed by atoms with Crippen LogP contribution in [0.3, 0.4) is 0 Å². The fraction of sp³-hybridized carbons (Fsp3) is 0.217. The number of ether oxygens (including phenoxy) is 2. The van der Waals surface area contributed by atoms with Crippen LogP contribution < -0.4 is 14.8 Å². The average Bonchev–Trinajstić information content (AvgIpc) is 2.71. The van der Waals surface area contributed by atoms with Crippen LogP contribution in [-0.2, 0) is 19.6 Å². The second-order valence-corrected chi connectivity index (χ2v) is 6.75. The standard InChI is InChI=1S/C23H24ClNO2.ClH/c1-26-23-15-19(16-25-13-12-18-6-3-2-4-7-18)10-11-22(23)27-17-20-8-5-9-21(24)14-20;/h2-11,14-15,25H,12-13,16-17H2,1H3;1H. The van der Waals surface area contributed by atoms with Gasteiger partial charge in [0.2, 0.25) is 0 Å². The molecule has 0 aromatic heterocycles. The minimum atomic E-state index is 0. The molecule has 0 aliphatic heterocycles. The highest BCUT2D eigenvalue weighted by Gasteiger charge is 2.07. The SMILES string of the molecule is COc1cc(CNCCc2ccccc2)ccc1OCc1cccc(Cl)c1.Cl. The maximum atomic E-state index is 6.02. The molecule has 0 saturated heterocycles. The van der Waals surface area contributed by atoms with Crippen LogP contribution in [0.4, 0.5) is 0 Å². The lowest BCUT2D eigenvalue weighted by molar-refractivity contribution is 0.284. The molecule has 0 unspecified atom stereocenters. The van der Waals surface area contributed by atoms with Gasteiger partial charge >= 0.3 is 0 Å². The molecular weight excluding hydrogens is 393 g/mol. The zero-order valence-corrected chi connectivity index (χ0v) is 17.4. The molecule has 28 heavy (non-hydrogen) atoms. The van der Waals surface area contributed by atoms with Crippen molar-refractivity contribution in [2.24, 2.45) is 0 Å². The molecule has 0 atom stereocenters. The van der Waals surface area contributed by atoms with E-state index in [0.717, 1.165) is 42.1 Å². The first kappa shape index (κ1) is 22.1. The molecule has 0 bridgehead atoms. The van der Waals surface area contributed by atoms with E-state index in [2.05, 4.69) is 35.6 Å². The minimum absolute atomic E-state index is 0. The molecule has 0 heterocycles. The molecule has 3 rings (SSSR count). The average molecular weight is 418 g/mol. The normalized spacial score (nSPS) is 10.2. The van der Waals surface area contributed by atoms with Crippen molar-refractivity contribution in [2.45, 2.75) is 19.6 Å². The van der Waals surface area contributed by atoms with Crippen LogP contribution in [0.15, 0.2) is 72.8 Å². The van der Waals surface area contributed by atoms with Gasteiger partial charge in [0.05, 0.1) is 7.11 Å². The lowest BCUT2D eigenvalue weighted by atomic mass is 10.1. The van der Waals surface area contributed by atoms with Crippen LogP contribution in [0.1, 0.15) is 16.7 Å². The molecule has 0 fully saturated rings. The van der Waals surface area contributed by atoms with Crippen molar-refractivity contribution in [3.63, 3.8) is 0 Å². The Morgan fingerprint density at radius 2 is 1.61 bits per heavy atom. The number of benzene rings is 3. The Balaban J connectivity index is 0.00000280. The molecule has 5 heteroatoms. The van der Waals surface area contributed by atoms with Crippen molar-refractivity contribution in [3.8, 4) is 11.5 Å². The summed E-state index contributed by atoms with van der Waals surface area (Å²) in [5.74, 6) is 1.46. The molecule has 0 amide bonds. The predicted octanol–water partition coefficient (Wildman–Crippen LogP) is 5.68. The zero-order valence-electron chi connectivity index (χ0n) is 15.9. The van der Waals surface area contributed by atoms with Gasteiger partial charge in [-0.25, -0.2) is 0 Å². The van der Waals surface area contributed by atoms with E-state index in [1.807, 2.05) is 42.5 Å². The van der Waals surface area contributed by atoms with Crippen LogP contribution in [0.5, 0.6) is 11.5 Å². The van der Waals surface area contributed by atoms with Gasteiger partial charge in [0, 0.05) is 11.6 Å². The van der Waals surface area contributed by atoms with Crippen molar-refractivity contribution in [1.29, 1.82) is 0 Å². The largest absolute Gasteiger partial charge is 0.493 e. The number of rotatable bonds is 9. The van der Waals surface area contributed by atoms with E-state index in [0.29, 0.717) is 11.6 Å². The molecule has 3 aromatic carbocycles. The van der Waals surface area contributed by atoms with E-state index >= 15 is 0 Å². The molecule has 0 aliphatic rings. The van der Waals surface area contributed by atoms with Crippen LogP contribution in [-0.4, -0.2) is 13.7 Å². The summed E-state index contributed by atoms with van der Waals surface area (Å²) < 4.78 is 11.4. The monoisotopic (exact) mass is 417 g/mol. The lowest BCUT2D eigenvalue weighted by Gasteiger charge is -2.13. The second-order valence-electron chi connectivity index (χ2n) is 6.32. The molecule has 0 saturated carbocycles. The summed E-state index contributed by atoms with van der Waals surface area (Å²) in [6.07, 6.45) is 1.01. The van der Waals surface area contributed by atoms with Crippen molar-refractivity contribution >= 4 is 24.0 Å². The highest BCUT2D eigenvalue weighted by atomic mass is 35.5. The van der Waals surface area contributed by atoms with Crippen molar-refractivity contribution in [3.05, 3.63) is 94.5 Å². The third-order valence-electron chi connectivity index (χ3n) is 4.27. The molecule has 1 N–H and O–H groups in total. The molecule has 3 nitrogen and oxygen atoms in total. The van der Waals surface area contributed by atoms with Crippen molar-refractivity contribution < 1.29 is 9.47 Å². The Labute approximate surface area is 178 Å². The summed E-state index contributed by atoms with van der Waals surface area (Å²) >= 11 is 6.02. The highest BCUT2D eigenvalue weighted by Crippen LogP contribution is 2.29. The number of hydrogen-bond acceptors (Lipinski definition) is 3. The third-order valence-corrected chi connectivity index (χ3v) is 4.51. The summed E-state index contributed by atoms with van der Waals surface area (Å²) in [6.45, 7) is 2.17. The summed E-state index contributed by atoms with van der Waals surface area (Å²) in [5.41, 5.74) is 3.53. The molecule has 0 spiro atoms. The smallest absolute Gasteiger partial charge is 0.161 e. The van der Waals surface area contributed by atoms with Crippen LogP contribution in [0, 0.1) is 0 Å². The minimum Gasteiger partial charge on any atom is -0.493 e. The van der Waals surface area contributed by atoms with Crippen LogP contribution >= 0.6 is 24.0 Å². The molecule has 148 valence electrons. The first-order valence-corrected chi connectivity index (χ1v) is 9.41. The Kier molecular flexibility index (Phi) is 9.15. The highest BCUT2D eigenvalue weighted by molar-refractivity contribution is 6.30. The number of halogens is 2. The predicted molar refractivity (Wildman–Crippen MR) is 118 cm³/mol. The zero-order chi connectivity index (χ0) is 18.9. The van der Waals surface area contributed by atoms with Gasteiger partial charge in [-0.3, -0.25) is 0 Å². The molecule has 0 radical (unpaired) electrons. The fourth-order valence-electron chi connectivity index (χ4n) is 2.84. The van der Waals surface area contributed by atoms with Crippen LogP contribution in [0.2, 0.25) is 5.02 Å². The summed E-state index contributed by atoms with van der Waals surface area (Å²) in [5, 5.41) is 4.18. The Morgan fingerprint density at radius 3 is 2.36 bits per heavy atom. The van der Waals surface area contributed by atoms with E-state index in [9.17, 15) is 0 Å². The third kappa shape index (κ3) is 6.75. The quantitative estimate of drug-likeness (QED) is 0.454. The van der Waals surface area contributed by atoms with Gasteiger partial charge in [-0.2, -0.15) is 0 Å². The molecule has 0 aliphatic carbocycles. The van der Waals surface area contributed by atoms with Gasteiger partial charge in [0.15, 0.2) is 11.5 Å². The van der Waals surface area contributed by atoms with Gasteiger partial charge in [-0.05, 0) is 53.9 Å². The van der Waals surface area contributed by atoms with Crippen LogP contribution in [0.25, 0.3) is 0 Å². The van der Waals surface area contributed by atoms with E-state index in [1.54, 1.807) is 7.11 Å². The van der Waals surface area contributed by atoms with Gasteiger partial charge < -0.3 is 14.8 Å². The van der Waals surface area contributed by atoms with Crippen molar-refractivity contribution in [1.82, 2.24) is 5.32 Å². The number of nitrogens with one attached hydrogen (secondary N) is 1. The summed E-state index contributed by atoms with van der Waals surface area (Å²) in [4.78, 5) is 0. The maximum absolute atomic E-state index is 6.02. The van der Waals surface area contributed by atoms with E-state index in [4.69, 9.17) is 21.1 Å². The van der Waals surface area contributed by atoms with E-state index in [-0.39, 0.29) is 12.4 Å². The summed E-state index contributed by atoms with van der Waals surface area (Å²) in [6, 6.07) is 24.2. The topological polar surface area (TPSA) is 30.5 Å². The summed E-state index contributed by atoms with van der Waals surface area (Å²) in [7, 11) is 1.66. The van der Waals surface area contributed by atoms with Crippen molar-refractivity contribution in [2.75, 3.05) is 13.7 Å². The second kappa shape index (κ2) is 11.6. The number of methoxy groups -OCH3 is 1. The molecular formula is C23H25Cl2NO2. The first-order valence-electron chi connectivity index (χ1n) is 9.03. The Hall–Kier alpha value is -2.20. The fourth-order valence-corrected chi connectivity index (χ4v) is 3.05. The lowest BCUT2D eigenvalue weighted by Crippen LogP contribution is -2.16. The Morgan fingerprint density at radius 1 is 0.821 bits per heavy atom. The molecule has 3 aromatic rings. The van der Waals surface area contributed by atoms with Gasteiger partial charge in [0.25, 0.3) is 0 Å². The maximum Gasteiger partial charge on any atom is 0.161 e. The number of hydrogen-bond donors (Lipinski definition) is 1.